The van der Waals surface area contributed by atoms with Crippen LogP contribution in [0.4, 0.5) is 0 Å². The normalized spacial score (nSPS) is 12.8. The first-order chi connectivity index (χ1) is 7.50. The topological polar surface area (TPSA) is 41.1 Å². The molecule has 0 saturated heterocycles. The summed E-state index contributed by atoms with van der Waals surface area (Å²) in [7, 11) is 0. The zero-order valence-corrected chi connectivity index (χ0v) is 11.1. The zero-order valence-electron chi connectivity index (χ0n) is 10.3. The van der Waals surface area contributed by atoms with E-state index in [9.17, 15) is 4.79 Å². The molecule has 0 aliphatic heterocycles. The van der Waals surface area contributed by atoms with Crippen LogP contribution in [-0.4, -0.2) is 18.5 Å². The Hall–Kier alpha value is -0.870. The Morgan fingerprint density at radius 1 is 1.44 bits per heavy atom. The summed E-state index contributed by atoms with van der Waals surface area (Å²) in [6.45, 7) is 8.48. The molecule has 16 heavy (non-hydrogen) atoms. The van der Waals surface area contributed by atoms with Gasteiger partial charge in [-0.1, -0.05) is 0 Å². The number of rotatable bonds is 5. The van der Waals surface area contributed by atoms with Gasteiger partial charge in [-0.15, -0.1) is 11.3 Å². The molecule has 1 unspecified atom stereocenters. The van der Waals surface area contributed by atoms with Crippen LogP contribution in [0.15, 0.2) is 11.4 Å². The van der Waals surface area contributed by atoms with Crippen LogP contribution in [0.1, 0.15) is 37.3 Å². The van der Waals surface area contributed by atoms with Crippen LogP contribution in [0.25, 0.3) is 0 Å². The molecule has 1 heterocycles. The van der Waals surface area contributed by atoms with Crippen molar-refractivity contribution < 1.29 is 4.79 Å². The quantitative estimate of drug-likeness (QED) is 0.828. The lowest BCUT2D eigenvalue weighted by Crippen LogP contribution is -2.38. The molecule has 0 spiro atoms. The van der Waals surface area contributed by atoms with Crippen LogP contribution in [-0.2, 0) is 4.79 Å². The molecule has 1 amide bonds. The van der Waals surface area contributed by atoms with Crippen molar-refractivity contribution in [2.45, 2.75) is 39.8 Å². The van der Waals surface area contributed by atoms with E-state index in [2.05, 4.69) is 35.9 Å². The molecule has 0 aromatic carbocycles. The molecule has 1 atom stereocenters. The summed E-state index contributed by atoms with van der Waals surface area (Å²) in [6.07, 6.45) is 0. The van der Waals surface area contributed by atoms with Crippen molar-refractivity contribution in [3.63, 3.8) is 0 Å². The summed E-state index contributed by atoms with van der Waals surface area (Å²) in [5, 5.41) is 8.17. The third-order valence-electron chi connectivity index (χ3n) is 2.31. The summed E-state index contributed by atoms with van der Waals surface area (Å²) >= 11 is 1.73. The van der Waals surface area contributed by atoms with Crippen molar-refractivity contribution in [1.82, 2.24) is 10.6 Å². The maximum absolute atomic E-state index is 11.4. The average molecular weight is 240 g/mol. The highest BCUT2D eigenvalue weighted by atomic mass is 32.1. The molecule has 0 bridgehead atoms. The summed E-state index contributed by atoms with van der Waals surface area (Å²) in [6, 6.07) is 2.54. The number of nitrogens with one attached hydrogen (secondary N) is 2. The number of hydrogen-bond acceptors (Lipinski definition) is 3. The predicted molar refractivity (Wildman–Crippen MR) is 68.8 cm³/mol. The Morgan fingerprint density at radius 2 is 2.12 bits per heavy atom. The van der Waals surface area contributed by atoms with E-state index in [-0.39, 0.29) is 18.0 Å². The second-order valence-electron chi connectivity index (χ2n) is 4.29. The van der Waals surface area contributed by atoms with Gasteiger partial charge in [0.1, 0.15) is 0 Å². The van der Waals surface area contributed by atoms with E-state index in [0.29, 0.717) is 6.54 Å². The second kappa shape index (κ2) is 6.01. The molecule has 0 radical (unpaired) electrons. The minimum absolute atomic E-state index is 0.0519. The lowest BCUT2D eigenvalue weighted by atomic mass is 10.2. The molecule has 1 aromatic heterocycles. The minimum atomic E-state index is 0.0519. The van der Waals surface area contributed by atoms with Crippen LogP contribution in [0.3, 0.4) is 0 Å². The first-order valence-corrected chi connectivity index (χ1v) is 6.45. The van der Waals surface area contributed by atoms with Crippen molar-refractivity contribution in [2.75, 3.05) is 6.54 Å². The fourth-order valence-corrected chi connectivity index (χ4v) is 2.50. The monoisotopic (exact) mass is 240 g/mol. The van der Waals surface area contributed by atoms with Crippen molar-refractivity contribution in [3.05, 3.63) is 21.9 Å². The van der Waals surface area contributed by atoms with Gasteiger partial charge in [0.15, 0.2) is 0 Å². The van der Waals surface area contributed by atoms with Gasteiger partial charge in [0.25, 0.3) is 0 Å². The van der Waals surface area contributed by atoms with E-state index in [1.807, 2.05) is 13.8 Å². The Balaban J connectivity index is 2.39. The van der Waals surface area contributed by atoms with Gasteiger partial charge < -0.3 is 10.6 Å². The molecule has 4 heteroatoms. The van der Waals surface area contributed by atoms with Crippen LogP contribution in [0, 0.1) is 6.92 Å². The molecule has 1 rings (SSSR count). The van der Waals surface area contributed by atoms with E-state index < -0.39 is 0 Å². The van der Waals surface area contributed by atoms with Crippen molar-refractivity contribution in [1.29, 1.82) is 0 Å². The summed E-state index contributed by atoms with van der Waals surface area (Å²) < 4.78 is 0. The summed E-state index contributed by atoms with van der Waals surface area (Å²) in [5.74, 6) is 0.0519. The molecule has 3 nitrogen and oxygen atoms in total. The molecule has 1 aromatic rings. The molecule has 90 valence electrons. The Morgan fingerprint density at radius 3 is 2.62 bits per heavy atom. The summed E-state index contributed by atoms with van der Waals surface area (Å²) in [4.78, 5) is 12.7. The van der Waals surface area contributed by atoms with E-state index in [1.54, 1.807) is 11.3 Å². The highest BCUT2D eigenvalue weighted by Crippen LogP contribution is 2.22. The van der Waals surface area contributed by atoms with Crippen molar-refractivity contribution >= 4 is 17.2 Å². The van der Waals surface area contributed by atoms with Gasteiger partial charge in [-0.25, -0.2) is 0 Å². The van der Waals surface area contributed by atoms with Crippen LogP contribution < -0.4 is 10.6 Å². The third-order valence-corrected chi connectivity index (χ3v) is 3.52. The summed E-state index contributed by atoms with van der Waals surface area (Å²) in [5.41, 5.74) is 1.29. The number of carbonyl (C=O) groups is 1. The molecule has 0 saturated carbocycles. The lowest BCUT2D eigenvalue weighted by molar-refractivity contribution is -0.120. The van der Waals surface area contributed by atoms with Gasteiger partial charge in [-0.05, 0) is 44.7 Å². The number of carbonyl (C=O) groups excluding carboxylic acids is 1. The fourth-order valence-electron chi connectivity index (χ4n) is 1.54. The Bertz CT molecular complexity index is 347. The van der Waals surface area contributed by atoms with Gasteiger partial charge in [0.05, 0.1) is 6.54 Å². The van der Waals surface area contributed by atoms with Crippen LogP contribution >= 0.6 is 11.3 Å². The van der Waals surface area contributed by atoms with Crippen LogP contribution in [0.5, 0.6) is 0 Å². The predicted octanol–water partition coefficient (Wildman–Crippen LogP) is 2.23. The van der Waals surface area contributed by atoms with E-state index in [1.165, 1.54) is 10.4 Å². The first kappa shape index (κ1) is 13.2. The third kappa shape index (κ3) is 3.94. The largest absolute Gasteiger partial charge is 0.353 e. The highest BCUT2D eigenvalue weighted by Gasteiger charge is 2.11. The lowest BCUT2D eigenvalue weighted by Gasteiger charge is -2.14. The molecular weight excluding hydrogens is 220 g/mol. The molecular formula is C12H20N2OS. The van der Waals surface area contributed by atoms with E-state index in [0.717, 1.165) is 0 Å². The smallest absolute Gasteiger partial charge is 0.234 e. The number of aryl methyl sites for hydroxylation is 1. The SMILES string of the molecule is Cc1ccsc1C(C)NCC(=O)NC(C)C. The zero-order chi connectivity index (χ0) is 12.1. The Labute approximate surface area is 101 Å². The van der Waals surface area contributed by atoms with Gasteiger partial charge in [-0.2, -0.15) is 0 Å². The van der Waals surface area contributed by atoms with Gasteiger partial charge in [0, 0.05) is 17.0 Å². The maximum Gasteiger partial charge on any atom is 0.234 e. The fraction of sp³-hybridized carbons (Fsp3) is 0.583. The van der Waals surface area contributed by atoms with Crippen LogP contribution in [0.2, 0.25) is 0 Å². The van der Waals surface area contributed by atoms with Crippen molar-refractivity contribution in [3.8, 4) is 0 Å². The van der Waals surface area contributed by atoms with Gasteiger partial charge >= 0.3 is 0 Å². The molecule has 0 fully saturated rings. The second-order valence-corrected chi connectivity index (χ2v) is 5.24. The van der Waals surface area contributed by atoms with Gasteiger partial charge in [-0.3, -0.25) is 4.79 Å². The number of hydrogen-bond donors (Lipinski definition) is 2. The Kier molecular flexibility index (Phi) is 4.96. The van der Waals surface area contributed by atoms with Gasteiger partial charge in [0.2, 0.25) is 5.91 Å². The molecule has 2 N–H and O–H groups in total. The first-order valence-electron chi connectivity index (χ1n) is 5.57. The maximum atomic E-state index is 11.4. The molecule has 0 aliphatic carbocycles. The highest BCUT2D eigenvalue weighted by molar-refractivity contribution is 7.10. The van der Waals surface area contributed by atoms with Crippen molar-refractivity contribution in [2.24, 2.45) is 0 Å². The number of thiophene rings is 1. The van der Waals surface area contributed by atoms with E-state index in [4.69, 9.17) is 0 Å². The minimum Gasteiger partial charge on any atom is -0.353 e. The standard InChI is InChI=1S/C12H20N2OS/c1-8(2)14-11(15)7-13-10(4)12-9(3)5-6-16-12/h5-6,8,10,13H,7H2,1-4H3,(H,14,15). The number of amides is 1. The molecule has 0 aliphatic rings. The average Bonchev–Trinajstić information content (AvgIpc) is 2.60. The van der Waals surface area contributed by atoms with E-state index >= 15 is 0 Å².